The topological polar surface area (TPSA) is 98.3 Å². The van der Waals surface area contributed by atoms with Gasteiger partial charge in [0, 0.05) is 10.7 Å². The molecule has 0 amide bonds. The predicted molar refractivity (Wildman–Crippen MR) is 122 cm³/mol. The zero-order valence-corrected chi connectivity index (χ0v) is 18.2. The van der Waals surface area contributed by atoms with Crippen LogP contribution in [0.4, 0.5) is 11.6 Å². The van der Waals surface area contributed by atoms with Gasteiger partial charge in [-0.05, 0) is 47.7 Å². The van der Waals surface area contributed by atoms with Crippen LogP contribution in [-0.2, 0) is 19.5 Å². The number of nitrogens with zero attached hydrogens (tertiary/aromatic N) is 4. The number of hydrogen-bond acceptors (Lipinski definition) is 6. The van der Waals surface area contributed by atoms with Gasteiger partial charge < -0.3 is 5.32 Å². The fourth-order valence-electron chi connectivity index (χ4n) is 3.20. The molecule has 162 valence electrons. The summed E-state index contributed by atoms with van der Waals surface area (Å²) in [7, 11) is 0. The van der Waals surface area contributed by atoms with Gasteiger partial charge in [0.05, 0.1) is 19.6 Å². The molecule has 0 spiro atoms. The Morgan fingerprint density at radius 1 is 1.00 bits per heavy atom. The van der Waals surface area contributed by atoms with E-state index in [0.717, 1.165) is 16.6 Å². The van der Waals surface area contributed by atoms with E-state index in [0.29, 0.717) is 16.6 Å². The number of nitrogens with one attached hydrogen (secondary N) is 1. The Hall–Kier alpha value is -3.26. The molecule has 1 N–H and O–H groups in total. The Balaban J connectivity index is 1.99. The van der Waals surface area contributed by atoms with E-state index in [4.69, 9.17) is 11.6 Å². The standard InChI is InChI=1S/C22H24ClN5O3/c1-15(2)13-16-5-9-19(10-6-16)25-20-26-21(29)27(12-11-24-31)22(30)28(20)14-17-3-7-18(23)8-4-17/h3-10,15H,11-14H2,1-2H3,(H,25,26,29). The number of anilines is 2. The van der Waals surface area contributed by atoms with Crippen LogP contribution < -0.4 is 16.7 Å². The first-order chi connectivity index (χ1) is 14.9. The van der Waals surface area contributed by atoms with Crippen molar-refractivity contribution in [2.45, 2.75) is 33.4 Å². The third-order valence-electron chi connectivity index (χ3n) is 4.67. The fraction of sp³-hybridized carbons (Fsp3) is 0.318. The molecule has 9 heteroatoms. The maximum atomic E-state index is 13.0. The molecule has 0 saturated carbocycles. The first-order valence-corrected chi connectivity index (χ1v) is 10.4. The summed E-state index contributed by atoms with van der Waals surface area (Å²) in [6.45, 7) is 4.16. The Labute approximate surface area is 184 Å². The molecule has 0 saturated heterocycles. The predicted octanol–water partition coefficient (Wildman–Crippen LogP) is 3.82. The molecule has 0 atom stereocenters. The molecule has 2 aromatic carbocycles. The van der Waals surface area contributed by atoms with Crippen LogP contribution in [0.25, 0.3) is 0 Å². The Bertz CT molecular complexity index is 1150. The second-order valence-corrected chi connectivity index (χ2v) is 8.07. The second kappa shape index (κ2) is 10.2. The van der Waals surface area contributed by atoms with Crippen molar-refractivity contribution >= 4 is 23.2 Å². The van der Waals surface area contributed by atoms with E-state index in [1.54, 1.807) is 24.3 Å². The highest BCUT2D eigenvalue weighted by molar-refractivity contribution is 6.30. The first kappa shape index (κ1) is 22.4. The molecule has 0 aliphatic carbocycles. The van der Waals surface area contributed by atoms with E-state index in [1.807, 2.05) is 24.3 Å². The Morgan fingerprint density at radius 2 is 1.65 bits per heavy atom. The molecule has 1 aromatic heterocycles. The Morgan fingerprint density at radius 3 is 2.26 bits per heavy atom. The number of halogens is 1. The van der Waals surface area contributed by atoms with Gasteiger partial charge in [0.1, 0.15) is 0 Å². The van der Waals surface area contributed by atoms with E-state index >= 15 is 0 Å². The summed E-state index contributed by atoms with van der Waals surface area (Å²) in [5, 5.41) is 6.40. The van der Waals surface area contributed by atoms with Crippen molar-refractivity contribution in [1.29, 1.82) is 0 Å². The van der Waals surface area contributed by atoms with Gasteiger partial charge in [0.15, 0.2) is 0 Å². The lowest BCUT2D eigenvalue weighted by atomic mass is 10.0. The van der Waals surface area contributed by atoms with Gasteiger partial charge in [-0.1, -0.05) is 54.9 Å². The normalized spacial score (nSPS) is 11.0. The minimum absolute atomic E-state index is 0.122. The monoisotopic (exact) mass is 441 g/mol. The molecule has 3 rings (SSSR count). The van der Waals surface area contributed by atoms with Crippen LogP contribution in [0.1, 0.15) is 25.0 Å². The molecule has 31 heavy (non-hydrogen) atoms. The van der Waals surface area contributed by atoms with Crippen molar-refractivity contribution in [1.82, 2.24) is 14.1 Å². The van der Waals surface area contributed by atoms with E-state index in [1.165, 1.54) is 10.1 Å². The van der Waals surface area contributed by atoms with Crippen molar-refractivity contribution in [3.63, 3.8) is 0 Å². The summed E-state index contributed by atoms with van der Waals surface area (Å²) < 4.78 is 2.27. The number of nitroso groups, excluding NO2 is 1. The SMILES string of the molecule is CC(C)Cc1ccc(Nc2nc(=O)n(CCN=O)c(=O)n2Cc2ccc(Cl)cc2)cc1. The number of aromatic nitrogens is 3. The fourth-order valence-corrected chi connectivity index (χ4v) is 3.32. The zero-order chi connectivity index (χ0) is 22.4. The first-order valence-electron chi connectivity index (χ1n) is 9.98. The van der Waals surface area contributed by atoms with Crippen molar-refractivity contribution in [3.05, 3.63) is 90.6 Å². The van der Waals surface area contributed by atoms with Gasteiger partial charge in [-0.3, -0.25) is 4.57 Å². The quantitative estimate of drug-likeness (QED) is 0.509. The average Bonchev–Trinajstić information content (AvgIpc) is 2.73. The zero-order valence-electron chi connectivity index (χ0n) is 17.4. The van der Waals surface area contributed by atoms with E-state index in [-0.39, 0.29) is 25.6 Å². The smallest absolute Gasteiger partial charge is 0.325 e. The van der Waals surface area contributed by atoms with E-state index in [2.05, 4.69) is 29.3 Å². The van der Waals surface area contributed by atoms with Gasteiger partial charge in [-0.15, -0.1) is 0 Å². The summed E-state index contributed by atoms with van der Waals surface area (Å²) in [4.78, 5) is 40.0. The summed E-state index contributed by atoms with van der Waals surface area (Å²) in [5.41, 5.74) is 1.40. The molecular weight excluding hydrogens is 418 g/mol. The van der Waals surface area contributed by atoms with Gasteiger partial charge in [-0.25, -0.2) is 14.2 Å². The van der Waals surface area contributed by atoms with Crippen molar-refractivity contribution in [2.24, 2.45) is 11.1 Å². The number of rotatable bonds is 9. The number of hydrogen-bond donors (Lipinski definition) is 1. The summed E-state index contributed by atoms with van der Waals surface area (Å²) in [6, 6.07) is 14.8. The van der Waals surface area contributed by atoms with Crippen LogP contribution >= 0.6 is 11.6 Å². The highest BCUT2D eigenvalue weighted by Gasteiger charge is 2.14. The van der Waals surface area contributed by atoms with Crippen LogP contribution in [0.2, 0.25) is 5.02 Å². The van der Waals surface area contributed by atoms with Crippen molar-refractivity contribution in [3.8, 4) is 0 Å². The van der Waals surface area contributed by atoms with Gasteiger partial charge in [-0.2, -0.15) is 9.89 Å². The van der Waals surface area contributed by atoms with Crippen LogP contribution in [0.15, 0.2) is 63.3 Å². The molecule has 3 aromatic rings. The minimum Gasteiger partial charge on any atom is -0.325 e. The highest BCUT2D eigenvalue weighted by Crippen LogP contribution is 2.17. The maximum absolute atomic E-state index is 13.0. The molecule has 0 fully saturated rings. The summed E-state index contributed by atoms with van der Waals surface area (Å²) in [6.07, 6.45) is 0.959. The molecule has 1 heterocycles. The Kier molecular flexibility index (Phi) is 7.36. The molecule has 8 nitrogen and oxygen atoms in total. The minimum atomic E-state index is -0.736. The molecular formula is C22H24ClN5O3. The van der Waals surface area contributed by atoms with Gasteiger partial charge >= 0.3 is 11.4 Å². The lowest BCUT2D eigenvalue weighted by molar-refractivity contribution is 0.559. The van der Waals surface area contributed by atoms with Gasteiger partial charge in [0.25, 0.3) is 0 Å². The van der Waals surface area contributed by atoms with Crippen LogP contribution in [0.3, 0.4) is 0 Å². The summed E-state index contributed by atoms with van der Waals surface area (Å²) >= 11 is 5.95. The maximum Gasteiger partial charge on any atom is 0.355 e. The molecule has 0 bridgehead atoms. The van der Waals surface area contributed by atoms with Crippen LogP contribution in [0.5, 0.6) is 0 Å². The van der Waals surface area contributed by atoms with Crippen molar-refractivity contribution in [2.75, 3.05) is 11.9 Å². The number of benzene rings is 2. The molecule has 0 aliphatic heterocycles. The van der Waals surface area contributed by atoms with E-state index in [9.17, 15) is 14.5 Å². The largest absolute Gasteiger partial charge is 0.355 e. The average molecular weight is 442 g/mol. The highest BCUT2D eigenvalue weighted by atomic mass is 35.5. The lowest BCUT2D eigenvalue weighted by Crippen LogP contribution is -2.43. The van der Waals surface area contributed by atoms with E-state index < -0.39 is 11.4 Å². The molecule has 0 radical (unpaired) electrons. The summed E-state index contributed by atoms with van der Waals surface area (Å²) in [5.74, 6) is 0.662. The third kappa shape index (κ3) is 5.88. The molecule has 0 aliphatic rings. The third-order valence-corrected chi connectivity index (χ3v) is 4.92. The van der Waals surface area contributed by atoms with Crippen LogP contribution in [0, 0.1) is 10.8 Å². The van der Waals surface area contributed by atoms with Gasteiger partial charge in [0.2, 0.25) is 5.95 Å². The lowest BCUT2D eigenvalue weighted by Gasteiger charge is -2.15. The van der Waals surface area contributed by atoms with Crippen molar-refractivity contribution < 1.29 is 0 Å². The second-order valence-electron chi connectivity index (χ2n) is 7.64. The van der Waals surface area contributed by atoms with Crippen LogP contribution in [-0.4, -0.2) is 20.7 Å². The molecule has 0 unspecified atom stereocenters.